The van der Waals surface area contributed by atoms with E-state index in [-0.39, 0.29) is 12.4 Å². The van der Waals surface area contributed by atoms with Gasteiger partial charge >= 0.3 is 5.97 Å². The Kier molecular flexibility index (Phi) is 6.80. The second-order valence-corrected chi connectivity index (χ2v) is 6.52. The van der Waals surface area contributed by atoms with Gasteiger partial charge in [0.1, 0.15) is 0 Å². The summed E-state index contributed by atoms with van der Waals surface area (Å²) in [5.74, 6) is 0.579. The van der Waals surface area contributed by atoms with Crippen molar-refractivity contribution in [2.45, 2.75) is 6.92 Å². The minimum atomic E-state index is -0.611. The number of hydrogen-bond donors (Lipinski definition) is 0. The lowest BCUT2D eigenvalue weighted by Gasteiger charge is -2.12. The van der Waals surface area contributed by atoms with Crippen LogP contribution in [0.15, 0.2) is 30.3 Å². The molecule has 0 amide bonds. The van der Waals surface area contributed by atoms with Crippen LogP contribution in [0.4, 0.5) is 0 Å². The summed E-state index contributed by atoms with van der Waals surface area (Å²) in [6.07, 6.45) is 2.79. The molecule has 6 nitrogen and oxygen atoms in total. The van der Waals surface area contributed by atoms with E-state index in [1.165, 1.54) is 38.7 Å². The summed E-state index contributed by atoms with van der Waals surface area (Å²) in [5, 5.41) is 0. The van der Waals surface area contributed by atoms with Crippen LogP contribution in [0.1, 0.15) is 20.1 Å². The van der Waals surface area contributed by atoms with Crippen LogP contribution in [0.2, 0.25) is 0 Å². The molecular formula is C19H20O6S. The third kappa shape index (κ3) is 4.86. The quantitative estimate of drug-likeness (QED) is 0.399. The molecule has 26 heavy (non-hydrogen) atoms. The maximum Gasteiger partial charge on any atom is 0.331 e. The largest absolute Gasteiger partial charge is 0.493 e. The van der Waals surface area contributed by atoms with E-state index in [0.29, 0.717) is 27.7 Å². The Morgan fingerprint density at radius 3 is 2.19 bits per heavy atom. The Bertz CT molecular complexity index is 796. The SMILES string of the molecule is COc1cc(/C=C/C(=O)OCC(=O)c2ccc(C)s2)cc(OC)c1OC. The molecule has 0 atom stereocenters. The average molecular weight is 376 g/mol. The second-order valence-electron chi connectivity index (χ2n) is 5.23. The van der Waals surface area contributed by atoms with Crippen molar-refractivity contribution in [3.8, 4) is 17.2 Å². The Hall–Kier alpha value is -2.80. The highest BCUT2D eigenvalue weighted by molar-refractivity contribution is 7.14. The number of rotatable bonds is 8. The van der Waals surface area contributed by atoms with E-state index in [2.05, 4.69) is 0 Å². The van der Waals surface area contributed by atoms with Gasteiger partial charge in [0.05, 0.1) is 26.2 Å². The molecule has 0 radical (unpaired) electrons. The number of benzene rings is 1. The van der Waals surface area contributed by atoms with Gasteiger partial charge in [-0.1, -0.05) is 0 Å². The number of esters is 1. The number of ketones is 1. The zero-order valence-electron chi connectivity index (χ0n) is 15.0. The van der Waals surface area contributed by atoms with Crippen molar-refractivity contribution in [1.29, 1.82) is 0 Å². The molecule has 2 rings (SSSR count). The molecule has 0 aliphatic carbocycles. The third-order valence-corrected chi connectivity index (χ3v) is 4.50. The summed E-state index contributed by atoms with van der Waals surface area (Å²) in [5.41, 5.74) is 0.664. The molecule has 7 heteroatoms. The smallest absolute Gasteiger partial charge is 0.331 e. The Balaban J connectivity index is 2.02. The summed E-state index contributed by atoms with van der Waals surface area (Å²) < 4.78 is 20.8. The van der Waals surface area contributed by atoms with Crippen LogP contribution < -0.4 is 14.2 Å². The first kappa shape index (κ1) is 19.5. The molecule has 1 aromatic carbocycles. The van der Waals surface area contributed by atoms with Crippen molar-refractivity contribution in [3.63, 3.8) is 0 Å². The number of Topliss-reactive ketones (excluding diaryl/α,β-unsaturated/α-hetero) is 1. The van der Waals surface area contributed by atoms with E-state index in [4.69, 9.17) is 18.9 Å². The van der Waals surface area contributed by atoms with Gasteiger partial charge in [0, 0.05) is 11.0 Å². The van der Waals surface area contributed by atoms with Crippen molar-refractivity contribution in [1.82, 2.24) is 0 Å². The first-order valence-corrected chi connectivity index (χ1v) is 8.54. The molecule has 1 heterocycles. The summed E-state index contributed by atoms with van der Waals surface area (Å²) in [4.78, 5) is 25.4. The van der Waals surface area contributed by atoms with Crippen LogP contribution in [-0.2, 0) is 9.53 Å². The number of carbonyl (C=O) groups is 2. The Labute approximate surface area is 156 Å². The predicted molar refractivity (Wildman–Crippen MR) is 99.5 cm³/mol. The van der Waals surface area contributed by atoms with E-state index in [1.807, 2.05) is 13.0 Å². The van der Waals surface area contributed by atoms with E-state index < -0.39 is 5.97 Å². The van der Waals surface area contributed by atoms with Crippen LogP contribution in [-0.4, -0.2) is 39.7 Å². The minimum Gasteiger partial charge on any atom is -0.493 e. The molecule has 1 aromatic heterocycles. The van der Waals surface area contributed by atoms with Gasteiger partial charge in [-0.2, -0.15) is 0 Å². The number of aryl methyl sites for hydroxylation is 1. The van der Waals surface area contributed by atoms with Crippen molar-refractivity contribution in [3.05, 3.63) is 45.7 Å². The first-order chi connectivity index (χ1) is 12.5. The molecule has 0 spiro atoms. The van der Waals surface area contributed by atoms with Crippen LogP contribution in [0.5, 0.6) is 17.2 Å². The summed E-state index contributed by atoms with van der Waals surface area (Å²) in [7, 11) is 4.53. The number of hydrogen-bond acceptors (Lipinski definition) is 7. The van der Waals surface area contributed by atoms with Crippen molar-refractivity contribution < 1.29 is 28.5 Å². The van der Waals surface area contributed by atoms with Gasteiger partial charge in [-0.15, -0.1) is 11.3 Å². The van der Waals surface area contributed by atoms with Crippen LogP contribution in [0.3, 0.4) is 0 Å². The maximum atomic E-state index is 11.9. The van der Waals surface area contributed by atoms with Gasteiger partial charge in [0.25, 0.3) is 0 Å². The standard InChI is InChI=1S/C19H20O6S/c1-12-5-7-17(26-12)14(20)11-25-18(21)8-6-13-9-15(22-2)19(24-4)16(10-13)23-3/h5-10H,11H2,1-4H3/b8-6+. The molecule has 0 fully saturated rings. The Morgan fingerprint density at radius 1 is 1.04 bits per heavy atom. The molecule has 0 saturated heterocycles. The second kappa shape index (κ2) is 9.05. The minimum absolute atomic E-state index is 0.224. The van der Waals surface area contributed by atoms with Gasteiger partial charge in [0.2, 0.25) is 11.5 Å². The van der Waals surface area contributed by atoms with Gasteiger partial charge in [0.15, 0.2) is 18.1 Å². The van der Waals surface area contributed by atoms with Gasteiger partial charge in [-0.25, -0.2) is 4.79 Å². The molecule has 138 valence electrons. The fraction of sp³-hybridized carbons (Fsp3) is 0.263. The molecular weight excluding hydrogens is 356 g/mol. The van der Waals surface area contributed by atoms with E-state index in [0.717, 1.165) is 4.88 Å². The van der Waals surface area contributed by atoms with Crippen molar-refractivity contribution >= 4 is 29.2 Å². The van der Waals surface area contributed by atoms with Crippen molar-refractivity contribution in [2.75, 3.05) is 27.9 Å². The normalized spacial score (nSPS) is 10.6. The fourth-order valence-corrected chi connectivity index (χ4v) is 2.99. The fourth-order valence-electron chi connectivity index (χ4n) is 2.20. The van der Waals surface area contributed by atoms with Crippen LogP contribution >= 0.6 is 11.3 Å². The molecule has 0 N–H and O–H groups in total. The average Bonchev–Trinajstić information content (AvgIpc) is 3.09. The summed E-state index contributed by atoms with van der Waals surface area (Å²) in [6.45, 7) is 1.62. The predicted octanol–water partition coefficient (Wildman–Crippen LogP) is 3.52. The molecule has 0 aliphatic heterocycles. The highest BCUT2D eigenvalue weighted by Gasteiger charge is 2.13. The topological polar surface area (TPSA) is 71.1 Å². The highest BCUT2D eigenvalue weighted by atomic mass is 32.1. The monoisotopic (exact) mass is 376 g/mol. The lowest BCUT2D eigenvalue weighted by atomic mass is 10.1. The number of thiophene rings is 1. The molecule has 2 aromatic rings. The van der Waals surface area contributed by atoms with Gasteiger partial charge in [-0.05, 0) is 42.8 Å². The zero-order chi connectivity index (χ0) is 19.1. The number of methoxy groups -OCH3 is 3. The molecule has 0 bridgehead atoms. The van der Waals surface area contributed by atoms with Crippen LogP contribution in [0.25, 0.3) is 6.08 Å². The molecule has 0 saturated carbocycles. The van der Waals surface area contributed by atoms with Gasteiger partial charge in [-0.3, -0.25) is 4.79 Å². The van der Waals surface area contributed by atoms with Crippen molar-refractivity contribution in [2.24, 2.45) is 0 Å². The van der Waals surface area contributed by atoms with Crippen LogP contribution in [0, 0.1) is 6.92 Å². The van der Waals surface area contributed by atoms with E-state index >= 15 is 0 Å². The highest BCUT2D eigenvalue weighted by Crippen LogP contribution is 2.38. The lowest BCUT2D eigenvalue weighted by molar-refractivity contribution is -0.136. The molecule has 0 aliphatic rings. The maximum absolute atomic E-state index is 11.9. The lowest BCUT2D eigenvalue weighted by Crippen LogP contribution is -2.11. The van der Waals surface area contributed by atoms with E-state index in [9.17, 15) is 9.59 Å². The summed E-state index contributed by atoms with van der Waals surface area (Å²) >= 11 is 1.37. The number of carbonyl (C=O) groups excluding carboxylic acids is 2. The van der Waals surface area contributed by atoms with Gasteiger partial charge < -0.3 is 18.9 Å². The first-order valence-electron chi connectivity index (χ1n) is 7.73. The summed E-state index contributed by atoms with van der Waals surface area (Å²) in [6, 6.07) is 6.97. The zero-order valence-corrected chi connectivity index (χ0v) is 15.8. The Morgan fingerprint density at radius 2 is 1.69 bits per heavy atom. The third-order valence-electron chi connectivity index (χ3n) is 3.46. The number of ether oxygens (including phenoxy) is 4. The molecule has 0 unspecified atom stereocenters. The van der Waals surface area contributed by atoms with E-state index in [1.54, 1.807) is 24.3 Å².